The average Bonchev–Trinajstić information content (AvgIpc) is 3.16. The molecule has 4 aliphatic rings. The van der Waals surface area contributed by atoms with E-state index in [-0.39, 0.29) is 29.1 Å². The summed E-state index contributed by atoms with van der Waals surface area (Å²) in [6, 6.07) is 11.0. The van der Waals surface area contributed by atoms with E-state index in [9.17, 15) is 18.7 Å². The molecule has 4 heteroatoms. The number of rotatable bonds is 1. The van der Waals surface area contributed by atoms with Crippen LogP contribution in [0.4, 0.5) is 8.78 Å². The number of hydrogen-bond donors (Lipinski definition) is 1. The molecular formula is C34H34F2O2. The van der Waals surface area contributed by atoms with Gasteiger partial charge in [0.25, 0.3) is 0 Å². The SMILES string of the molecule is Cc1ccc(C#C[C@]2(O)CC[C@H]3[C@@H]4CCC5=CC(=O)CCC5=C4[C@@H](c4cc(F)c(C)c(F)c4)C[C@@]32C)cc1. The van der Waals surface area contributed by atoms with Crippen molar-refractivity contribution < 1.29 is 18.7 Å². The van der Waals surface area contributed by atoms with Crippen LogP contribution in [0.25, 0.3) is 0 Å². The first-order chi connectivity index (χ1) is 18.1. The highest BCUT2D eigenvalue weighted by Gasteiger charge is 2.62. The number of carbonyl (C=O) groups is 1. The summed E-state index contributed by atoms with van der Waals surface area (Å²) in [4.78, 5) is 12.2. The van der Waals surface area contributed by atoms with Crippen molar-refractivity contribution in [3.8, 4) is 11.8 Å². The van der Waals surface area contributed by atoms with Crippen LogP contribution in [0.15, 0.2) is 59.2 Å². The van der Waals surface area contributed by atoms with Crippen molar-refractivity contribution in [2.45, 2.75) is 77.2 Å². The number of carbonyl (C=O) groups excluding carboxylic acids is 1. The Morgan fingerprint density at radius 1 is 1.00 bits per heavy atom. The van der Waals surface area contributed by atoms with Crippen molar-refractivity contribution in [3.05, 3.63) is 93.1 Å². The Balaban J connectivity index is 1.49. The minimum absolute atomic E-state index is 0.0247. The summed E-state index contributed by atoms with van der Waals surface area (Å²) in [6.07, 6.45) is 6.67. The lowest BCUT2D eigenvalue weighted by Crippen LogP contribution is -2.51. The van der Waals surface area contributed by atoms with E-state index in [1.165, 1.54) is 30.2 Å². The first-order valence-electron chi connectivity index (χ1n) is 13.8. The van der Waals surface area contributed by atoms with Gasteiger partial charge >= 0.3 is 0 Å². The zero-order chi connectivity index (χ0) is 26.8. The maximum Gasteiger partial charge on any atom is 0.156 e. The first-order valence-corrected chi connectivity index (χ1v) is 13.8. The molecule has 0 aromatic heterocycles. The summed E-state index contributed by atoms with van der Waals surface area (Å²) in [7, 11) is 0. The van der Waals surface area contributed by atoms with Gasteiger partial charge in [0.05, 0.1) is 0 Å². The van der Waals surface area contributed by atoms with E-state index >= 15 is 0 Å². The molecule has 0 radical (unpaired) electrons. The predicted molar refractivity (Wildman–Crippen MR) is 144 cm³/mol. The molecule has 1 N–H and O–H groups in total. The van der Waals surface area contributed by atoms with Crippen LogP contribution in [-0.2, 0) is 4.79 Å². The van der Waals surface area contributed by atoms with Gasteiger partial charge in [0.2, 0.25) is 0 Å². The van der Waals surface area contributed by atoms with E-state index in [0.29, 0.717) is 31.2 Å². The minimum Gasteiger partial charge on any atom is -0.377 e. The standard InChI is InChI=1S/C34H34F2O2/c1-20-4-6-22(7-5-20)12-14-34(38)15-13-29-27-10-8-23-16-25(37)9-11-26(23)32(27)28(19-33(29,34)3)24-17-30(35)21(2)31(36)18-24/h4-7,16-18,27-29,38H,8-11,13,15,19H2,1-3H3/t27-,28+,29-,33-,34-/m0/s1. The molecule has 0 heterocycles. The fourth-order valence-electron chi connectivity index (χ4n) is 7.85. The Morgan fingerprint density at radius 2 is 1.71 bits per heavy atom. The number of benzene rings is 2. The molecule has 0 spiro atoms. The number of fused-ring (bicyclic) bond motifs is 4. The summed E-state index contributed by atoms with van der Waals surface area (Å²) < 4.78 is 29.7. The Bertz CT molecular complexity index is 1430. The van der Waals surface area contributed by atoms with E-state index in [1.54, 1.807) is 6.08 Å². The second-order valence-electron chi connectivity index (χ2n) is 12.1. The van der Waals surface area contributed by atoms with Crippen molar-refractivity contribution in [1.82, 2.24) is 0 Å². The van der Waals surface area contributed by atoms with Crippen LogP contribution in [0.2, 0.25) is 0 Å². The fraction of sp³-hybridized carbons (Fsp3) is 0.441. The molecule has 0 amide bonds. The quantitative estimate of drug-likeness (QED) is 0.408. The van der Waals surface area contributed by atoms with Crippen LogP contribution in [0.1, 0.15) is 80.0 Å². The lowest BCUT2D eigenvalue weighted by Gasteiger charge is -2.53. The molecule has 38 heavy (non-hydrogen) atoms. The number of allylic oxidation sites excluding steroid dienone is 4. The van der Waals surface area contributed by atoms with Gasteiger partial charge in [-0.3, -0.25) is 4.79 Å². The lowest BCUT2D eigenvalue weighted by atomic mass is 9.51. The molecule has 2 nitrogen and oxygen atoms in total. The summed E-state index contributed by atoms with van der Waals surface area (Å²) >= 11 is 0. The first kappa shape index (κ1) is 25.3. The van der Waals surface area contributed by atoms with Gasteiger partial charge in [-0.1, -0.05) is 42.0 Å². The van der Waals surface area contributed by atoms with Gasteiger partial charge in [-0.15, -0.1) is 0 Å². The molecule has 4 aliphatic carbocycles. The highest BCUT2D eigenvalue weighted by molar-refractivity contribution is 5.93. The van der Waals surface area contributed by atoms with Crippen molar-refractivity contribution >= 4 is 5.78 Å². The fourth-order valence-corrected chi connectivity index (χ4v) is 7.85. The van der Waals surface area contributed by atoms with Gasteiger partial charge in [-0.2, -0.15) is 0 Å². The number of aryl methyl sites for hydroxylation is 1. The Kier molecular flexibility index (Phi) is 6.00. The highest BCUT2D eigenvalue weighted by atomic mass is 19.1. The van der Waals surface area contributed by atoms with Crippen LogP contribution in [0, 0.1) is 54.6 Å². The molecule has 2 aromatic carbocycles. The van der Waals surface area contributed by atoms with E-state index < -0.39 is 22.7 Å². The van der Waals surface area contributed by atoms with Gasteiger partial charge in [0.15, 0.2) is 5.78 Å². The normalized spacial score (nSPS) is 32.1. The van der Waals surface area contributed by atoms with E-state index in [0.717, 1.165) is 36.0 Å². The maximum atomic E-state index is 14.9. The zero-order valence-corrected chi connectivity index (χ0v) is 22.3. The van der Waals surface area contributed by atoms with Gasteiger partial charge in [0.1, 0.15) is 17.2 Å². The van der Waals surface area contributed by atoms with Gasteiger partial charge in [-0.25, -0.2) is 8.78 Å². The predicted octanol–water partition coefficient (Wildman–Crippen LogP) is 7.26. The topological polar surface area (TPSA) is 37.3 Å². The molecule has 196 valence electrons. The molecular weight excluding hydrogens is 478 g/mol. The van der Waals surface area contributed by atoms with E-state index in [2.05, 4.69) is 18.8 Å². The molecule has 0 bridgehead atoms. The summed E-state index contributed by atoms with van der Waals surface area (Å²) in [5, 5.41) is 12.1. The Labute approximate surface area is 223 Å². The molecule has 2 saturated carbocycles. The number of ketones is 1. The molecule has 2 fully saturated rings. The van der Waals surface area contributed by atoms with Crippen LogP contribution in [0.3, 0.4) is 0 Å². The Hall–Kier alpha value is -3.03. The molecule has 6 rings (SSSR count). The second kappa shape index (κ2) is 9.02. The zero-order valence-electron chi connectivity index (χ0n) is 22.3. The molecule has 2 aromatic rings. The summed E-state index contributed by atoms with van der Waals surface area (Å²) in [5.74, 6) is 5.78. The lowest BCUT2D eigenvalue weighted by molar-refractivity contribution is -0.114. The summed E-state index contributed by atoms with van der Waals surface area (Å²) in [5.41, 5.74) is 4.51. The third-order valence-electron chi connectivity index (χ3n) is 10.1. The number of halogens is 2. The van der Waals surface area contributed by atoms with E-state index in [1.807, 2.05) is 31.2 Å². The monoisotopic (exact) mass is 512 g/mol. The van der Waals surface area contributed by atoms with Crippen LogP contribution >= 0.6 is 0 Å². The van der Waals surface area contributed by atoms with Gasteiger partial charge in [0, 0.05) is 28.9 Å². The van der Waals surface area contributed by atoms with Crippen molar-refractivity contribution in [3.63, 3.8) is 0 Å². The van der Waals surface area contributed by atoms with Gasteiger partial charge in [-0.05, 0) is 111 Å². The number of hydrogen-bond acceptors (Lipinski definition) is 2. The maximum absolute atomic E-state index is 14.9. The smallest absolute Gasteiger partial charge is 0.156 e. The minimum atomic E-state index is -1.20. The molecule has 5 atom stereocenters. The molecule has 0 aliphatic heterocycles. The largest absolute Gasteiger partial charge is 0.377 e. The summed E-state index contributed by atoms with van der Waals surface area (Å²) in [6.45, 7) is 5.63. The van der Waals surface area contributed by atoms with Crippen molar-refractivity contribution in [2.24, 2.45) is 17.3 Å². The third kappa shape index (κ3) is 3.90. The van der Waals surface area contributed by atoms with Gasteiger partial charge < -0.3 is 5.11 Å². The number of aliphatic hydroxyl groups is 1. The molecule has 0 saturated heterocycles. The van der Waals surface area contributed by atoms with Crippen LogP contribution in [0.5, 0.6) is 0 Å². The highest BCUT2D eigenvalue weighted by Crippen LogP contribution is 2.66. The van der Waals surface area contributed by atoms with Crippen LogP contribution in [-0.4, -0.2) is 16.5 Å². The molecule has 0 unspecified atom stereocenters. The van der Waals surface area contributed by atoms with E-state index in [4.69, 9.17) is 0 Å². The second-order valence-corrected chi connectivity index (χ2v) is 12.1. The third-order valence-corrected chi connectivity index (χ3v) is 10.1. The Morgan fingerprint density at radius 3 is 2.42 bits per heavy atom. The average molecular weight is 513 g/mol. The van der Waals surface area contributed by atoms with Crippen molar-refractivity contribution in [1.29, 1.82) is 0 Å². The van der Waals surface area contributed by atoms with Crippen molar-refractivity contribution in [2.75, 3.05) is 0 Å². The van der Waals surface area contributed by atoms with Crippen LogP contribution < -0.4 is 0 Å².